The Kier molecular flexibility index (Phi) is 4.92. The second kappa shape index (κ2) is 7.52. The largest absolute Gasteiger partial charge is 0.292 e. The van der Waals surface area contributed by atoms with Crippen molar-refractivity contribution in [3.05, 3.63) is 69.8 Å². The molecular weight excluding hydrogens is 370 g/mol. The molecule has 0 aliphatic carbocycles. The molecule has 0 fully saturated rings. The number of para-hydroxylation sites is 1. The molecule has 7 heteroatoms. The zero-order valence-electron chi connectivity index (χ0n) is 16.1. The molecule has 0 radical (unpaired) electrons. The van der Waals surface area contributed by atoms with Crippen molar-refractivity contribution in [1.82, 2.24) is 19.7 Å². The van der Waals surface area contributed by atoms with Crippen molar-refractivity contribution < 1.29 is 0 Å². The van der Waals surface area contributed by atoms with E-state index in [4.69, 9.17) is 0 Å². The number of thiazole rings is 1. The van der Waals surface area contributed by atoms with E-state index in [1.807, 2.05) is 56.3 Å². The van der Waals surface area contributed by atoms with Gasteiger partial charge in [0.05, 0.1) is 21.5 Å². The first-order valence-electron chi connectivity index (χ1n) is 9.26. The number of nitrogens with one attached hydrogen (secondary N) is 1. The molecule has 6 nitrogen and oxygen atoms in total. The fourth-order valence-corrected chi connectivity index (χ4v) is 4.12. The van der Waals surface area contributed by atoms with Gasteiger partial charge in [-0.3, -0.25) is 9.89 Å². The van der Waals surface area contributed by atoms with Gasteiger partial charge in [-0.05, 0) is 44.5 Å². The molecule has 3 heterocycles. The highest BCUT2D eigenvalue weighted by Gasteiger charge is 2.19. The number of aliphatic imine (C=N–C) groups is 1. The Balaban J connectivity index is 1.84. The average molecular weight is 392 g/mol. The molecule has 4 rings (SSSR count). The third-order valence-corrected chi connectivity index (χ3v) is 5.48. The number of pyridine rings is 1. The summed E-state index contributed by atoms with van der Waals surface area (Å²) in [6.45, 7) is 5.87. The number of rotatable bonds is 5. The third kappa shape index (κ3) is 3.41. The van der Waals surface area contributed by atoms with E-state index in [0.29, 0.717) is 22.2 Å². The Bertz CT molecular complexity index is 1200. The molecular formula is C21H21N5OS. The first kappa shape index (κ1) is 18.3. The predicted molar refractivity (Wildman–Crippen MR) is 114 cm³/mol. The molecule has 0 aliphatic rings. The lowest BCUT2D eigenvalue weighted by Gasteiger charge is -2.01. The number of aryl methyl sites for hydroxylation is 2. The van der Waals surface area contributed by atoms with E-state index < -0.39 is 0 Å². The molecule has 0 saturated heterocycles. The maximum Gasteiger partial charge on any atom is 0.282 e. The van der Waals surface area contributed by atoms with Crippen LogP contribution in [-0.2, 0) is 6.42 Å². The zero-order chi connectivity index (χ0) is 19.7. The monoisotopic (exact) mass is 391 g/mol. The van der Waals surface area contributed by atoms with Crippen LogP contribution in [0.5, 0.6) is 0 Å². The standard InChI is InChI=1S/C21H21N5OS/c1-4-8-16-19(14(3)23-18-12-7-9-13(2)22-18)20(27)26(25-16)21-24-15-10-5-6-11-17(15)28-21/h5-7,9-12,25H,4,8H2,1-3H3/b23-14+. The molecule has 0 amide bonds. The summed E-state index contributed by atoms with van der Waals surface area (Å²) in [5.41, 5.74) is 3.78. The molecule has 1 N–H and O–H groups in total. The number of aromatic amines is 1. The van der Waals surface area contributed by atoms with Crippen molar-refractivity contribution in [2.24, 2.45) is 4.99 Å². The number of nitrogens with zero attached hydrogens (tertiary/aromatic N) is 4. The van der Waals surface area contributed by atoms with Crippen LogP contribution >= 0.6 is 11.3 Å². The number of benzene rings is 1. The number of hydrogen-bond donors (Lipinski definition) is 1. The SMILES string of the molecule is CCCc1[nH]n(-c2nc3ccccc3s2)c(=O)c1/C(C)=N/c1cccc(C)n1. The lowest BCUT2D eigenvalue weighted by Crippen LogP contribution is -2.19. The predicted octanol–water partition coefficient (Wildman–Crippen LogP) is 4.57. The summed E-state index contributed by atoms with van der Waals surface area (Å²) in [7, 11) is 0. The molecule has 0 spiro atoms. The number of aromatic nitrogens is 4. The summed E-state index contributed by atoms with van der Waals surface area (Å²) in [5, 5.41) is 3.89. The second-order valence-electron chi connectivity index (χ2n) is 6.65. The molecule has 142 valence electrons. The van der Waals surface area contributed by atoms with Gasteiger partial charge in [0, 0.05) is 11.4 Å². The summed E-state index contributed by atoms with van der Waals surface area (Å²) < 4.78 is 2.58. The number of H-pyrrole nitrogens is 1. The van der Waals surface area contributed by atoms with Crippen LogP contribution in [0.15, 0.2) is 52.3 Å². The Hall–Kier alpha value is -3.06. The van der Waals surface area contributed by atoms with Crippen molar-refractivity contribution in [2.45, 2.75) is 33.6 Å². The quantitative estimate of drug-likeness (QED) is 0.506. The van der Waals surface area contributed by atoms with Crippen molar-refractivity contribution in [3.8, 4) is 5.13 Å². The van der Waals surface area contributed by atoms with Gasteiger partial charge in [-0.2, -0.15) is 4.68 Å². The lowest BCUT2D eigenvalue weighted by molar-refractivity contribution is 0.790. The molecule has 0 saturated carbocycles. The number of hydrogen-bond acceptors (Lipinski definition) is 5. The summed E-state index contributed by atoms with van der Waals surface area (Å²) in [5.74, 6) is 0.604. The Morgan fingerprint density at radius 3 is 2.75 bits per heavy atom. The van der Waals surface area contributed by atoms with Gasteiger partial charge in [0.25, 0.3) is 5.56 Å². The molecule has 28 heavy (non-hydrogen) atoms. The summed E-state index contributed by atoms with van der Waals surface area (Å²) in [6.07, 6.45) is 1.68. The summed E-state index contributed by atoms with van der Waals surface area (Å²) in [4.78, 5) is 26.9. The molecule has 0 unspecified atom stereocenters. The van der Waals surface area contributed by atoms with E-state index in [2.05, 4.69) is 27.0 Å². The highest BCUT2D eigenvalue weighted by Crippen LogP contribution is 2.24. The normalized spacial score (nSPS) is 12.0. The van der Waals surface area contributed by atoms with Gasteiger partial charge < -0.3 is 0 Å². The minimum absolute atomic E-state index is 0.128. The average Bonchev–Trinajstić information content (AvgIpc) is 3.23. The maximum atomic E-state index is 13.2. The summed E-state index contributed by atoms with van der Waals surface area (Å²) >= 11 is 1.49. The second-order valence-corrected chi connectivity index (χ2v) is 7.66. The van der Waals surface area contributed by atoms with Gasteiger partial charge in [-0.25, -0.2) is 15.0 Å². The van der Waals surface area contributed by atoms with Crippen molar-refractivity contribution in [3.63, 3.8) is 0 Å². The maximum absolute atomic E-state index is 13.2. The van der Waals surface area contributed by atoms with Crippen LogP contribution in [-0.4, -0.2) is 25.5 Å². The smallest absolute Gasteiger partial charge is 0.282 e. The van der Waals surface area contributed by atoms with E-state index in [9.17, 15) is 4.79 Å². The first-order valence-corrected chi connectivity index (χ1v) is 10.1. The van der Waals surface area contributed by atoms with Crippen LogP contribution < -0.4 is 5.56 Å². The van der Waals surface area contributed by atoms with Crippen molar-refractivity contribution in [1.29, 1.82) is 0 Å². The molecule has 0 atom stereocenters. The van der Waals surface area contributed by atoms with Gasteiger partial charge in [0.1, 0.15) is 0 Å². The van der Waals surface area contributed by atoms with Gasteiger partial charge in [0.15, 0.2) is 5.82 Å². The van der Waals surface area contributed by atoms with E-state index >= 15 is 0 Å². The van der Waals surface area contributed by atoms with Crippen LogP contribution in [0.4, 0.5) is 5.82 Å². The Morgan fingerprint density at radius 1 is 1.18 bits per heavy atom. The van der Waals surface area contributed by atoms with Gasteiger partial charge >= 0.3 is 0 Å². The molecule has 0 bridgehead atoms. The molecule has 1 aromatic carbocycles. The van der Waals surface area contributed by atoms with Crippen LogP contribution in [0.2, 0.25) is 0 Å². The molecule has 0 aliphatic heterocycles. The Morgan fingerprint density at radius 2 is 2.00 bits per heavy atom. The van der Waals surface area contributed by atoms with Crippen LogP contribution in [0, 0.1) is 6.92 Å². The minimum Gasteiger partial charge on any atom is -0.292 e. The van der Waals surface area contributed by atoms with Gasteiger partial charge in [0.2, 0.25) is 5.13 Å². The molecule has 4 aromatic rings. The summed E-state index contributed by atoms with van der Waals surface area (Å²) in [6, 6.07) is 13.6. The highest BCUT2D eigenvalue weighted by molar-refractivity contribution is 7.20. The first-order chi connectivity index (χ1) is 13.6. The van der Waals surface area contributed by atoms with Crippen LogP contribution in [0.3, 0.4) is 0 Å². The van der Waals surface area contributed by atoms with Crippen molar-refractivity contribution >= 4 is 33.1 Å². The lowest BCUT2D eigenvalue weighted by atomic mass is 10.1. The van der Waals surface area contributed by atoms with E-state index in [1.54, 1.807) is 0 Å². The Labute approximate surface area is 166 Å². The number of fused-ring (bicyclic) bond motifs is 1. The zero-order valence-corrected chi connectivity index (χ0v) is 16.9. The van der Waals surface area contributed by atoms with Gasteiger partial charge in [-0.1, -0.05) is 42.9 Å². The van der Waals surface area contributed by atoms with E-state index in [-0.39, 0.29) is 5.56 Å². The van der Waals surface area contributed by atoms with E-state index in [1.165, 1.54) is 16.0 Å². The van der Waals surface area contributed by atoms with Crippen molar-refractivity contribution in [2.75, 3.05) is 0 Å². The van der Waals surface area contributed by atoms with E-state index in [0.717, 1.165) is 34.4 Å². The molecule has 3 aromatic heterocycles. The van der Waals surface area contributed by atoms with Crippen LogP contribution in [0.1, 0.15) is 37.2 Å². The van der Waals surface area contributed by atoms with Gasteiger partial charge in [-0.15, -0.1) is 0 Å². The fraction of sp³-hybridized carbons (Fsp3) is 0.238. The van der Waals surface area contributed by atoms with Crippen LogP contribution in [0.25, 0.3) is 15.3 Å². The topological polar surface area (TPSA) is 75.9 Å². The fourth-order valence-electron chi connectivity index (χ4n) is 3.20. The minimum atomic E-state index is -0.128. The highest BCUT2D eigenvalue weighted by atomic mass is 32.1. The third-order valence-electron chi connectivity index (χ3n) is 4.46.